The molecule has 1 heterocycles. The van der Waals surface area contributed by atoms with Crippen LogP contribution in [0.25, 0.3) is 0 Å². The number of primary amides is 1. The van der Waals surface area contributed by atoms with E-state index in [1.54, 1.807) is 24.3 Å². The van der Waals surface area contributed by atoms with E-state index in [0.717, 1.165) is 38.0 Å². The van der Waals surface area contributed by atoms with Gasteiger partial charge in [0.1, 0.15) is 0 Å². The van der Waals surface area contributed by atoms with Gasteiger partial charge in [0.25, 0.3) is 0 Å². The number of benzene rings is 1. The third-order valence-corrected chi connectivity index (χ3v) is 4.54. The van der Waals surface area contributed by atoms with Crippen molar-refractivity contribution in [1.82, 2.24) is 5.32 Å². The van der Waals surface area contributed by atoms with Gasteiger partial charge in [-0.3, -0.25) is 9.59 Å². The van der Waals surface area contributed by atoms with Crippen LogP contribution in [0.5, 0.6) is 0 Å². The van der Waals surface area contributed by atoms with Gasteiger partial charge in [0.05, 0.1) is 0 Å². The molecule has 1 saturated carbocycles. The number of carbonyl (C=O) groups excluding carboxylic acids is 2. The Morgan fingerprint density at radius 2 is 1.81 bits per heavy atom. The molecular weight excluding hydrogens is 290 g/mol. The minimum absolute atomic E-state index is 0. The van der Waals surface area contributed by atoms with Gasteiger partial charge in [0.2, 0.25) is 11.8 Å². The van der Waals surface area contributed by atoms with Gasteiger partial charge in [0, 0.05) is 17.2 Å². The van der Waals surface area contributed by atoms with Crippen molar-refractivity contribution in [2.24, 2.45) is 17.1 Å². The molecule has 0 bridgehead atoms. The van der Waals surface area contributed by atoms with E-state index in [1.807, 2.05) is 0 Å². The first-order valence-electron chi connectivity index (χ1n) is 7.02. The van der Waals surface area contributed by atoms with Crippen LogP contribution in [0, 0.1) is 11.3 Å². The number of nitrogens with one attached hydrogen (secondary N) is 2. The molecule has 1 aliphatic heterocycles. The molecule has 114 valence electrons. The van der Waals surface area contributed by atoms with E-state index in [2.05, 4.69) is 10.6 Å². The van der Waals surface area contributed by atoms with Crippen molar-refractivity contribution < 1.29 is 9.59 Å². The van der Waals surface area contributed by atoms with Crippen molar-refractivity contribution in [1.29, 1.82) is 0 Å². The molecule has 2 amide bonds. The number of nitrogens with two attached hydrogens (primary N) is 1. The Kier molecular flexibility index (Phi) is 4.54. The lowest BCUT2D eigenvalue weighted by atomic mass is 9.92. The van der Waals surface area contributed by atoms with Crippen LogP contribution in [-0.4, -0.2) is 24.9 Å². The van der Waals surface area contributed by atoms with Crippen LogP contribution in [0.15, 0.2) is 24.3 Å². The summed E-state index contributed by atoms with van der Waals surface area (Å²) in [6.07, 6.45) is 3.18. The Bertz CT molecular complexity index is 538. The maximum atomic E-state index is 12.2. The molecular formula is C15H20ClN3O2. The van der Waals surface area contributed by atoms with Crippen molar-refractivity contribution in [3.8, 4) is 0 Å². The second-order valence-electron chi connectivity index (χ2n) is 5.80. The summed E-state index contributed by atoms with van der Waals surface area (Å²) in [5.41, 5.74) is 6.59. The zero-order chi connectivity index (χ0) is 14.2. The van der Waals surface area contributed by atoms with Crippen LogP contribution < -0.4 is 16.4 Å². The van der Waals surface area contributed by atoms with Gasteiger partial charge in [-0.25, -0.2) is 0 Å². The summed E-state index contributed by atoms with van der Waals surface area (Å²) in [6.45, 7) is 2.02. The maximum Gasteiger partial charge on any atom is 0.248 e. The number of piperidine rings is 1. The van der Waals surface area contributed by atoms with Crippen LogP contribution in [0.3, 0.4) is 0 Å². The second kappa shape index (κ2) is 6.03. The largest absolute Gasteiger partial charge is 0.366 e. The second-order valence-corrected chi connectivity index (χ2v) is 5.80. The Balaban J connectivity index is 0.00000161. The quantitative estimate of drug-likeness (QED) is 0.792. The summed E-state index contributed by atoms with van der Waals surface area (Å²) < 4.78 is 0. The van der Waals surface area contributed by atoms with Gasteiger partial charge in [-0.05, 0) is 62.0 Å². The summed E-state index contributed by atoms with van der Waals surface area (Å²) in [5, 5.41) is 6.26. The highest BCUT2D eigenvalue weighted by molar-refractivity contribution is 5.96. The van der Waals surface area contributed by atoms with E-state index in [1.165, 1.54) is 0 Å². The van der Waals surface area contributed by atoms with Crippen LogP contribution in [0.2, 0.25) is 0 Å². The normalized spacial score (nSPS) is 22.2. The summed E-state index contributed by atoms with van der Waals surface area (Å²) in [7, 11) is 0. The molecule has 1 aliphatic carbocycles. The molecule has 2 aliphatic rings. The number of halogens is 1. The first-order valence-corrected chi connectivity index (χ1v) is 7.02. The average molecular weight is 310 g/mol. The Labute approximate surface area is 130 Å². The first-order chi connectivity index (χ1) is 9.61. The van der Waals surface area contributed by atoms with Crippen LogP contribution in [0.1, 0.15) is 29.6 Å². The summed E-state index contributed by atoms with van der Waals surface area (Å²) in [5.74, 6) is -0.224. The molecule has 1 unspecified atom stereocenters. The fraction of sp³-hybridized carbons (Fsp3) is 0.467. The third-order valence-electron chi connectivity index (χ3n) is 4.54. The van der Waals surface area contributed by atoms with Gasteiger partial charge < -0.3 is 16.4 Å². The standard InChI is InChI=1S/C15H19N3O2.ClH/c16-13(19)10-1-3-11(4-2-10)18-14(20)12-9-15(12)5-7-17-8-6-15;/h1-4,12,17H,5-9H2,(H2,16,19)(H,18,20);1H. The molecule has 6 heteroatoms. The average Bonchev–Trinajstić information content (AvgIpc) is 3.14. The third kappa shape index (κ3) is 3.19. The maximum absolute atomic E-state index is 12.2. The number of hydrogen-bond acceptors (Lipinski definition) is 3. The molecule has 2 fully saturated rings. The minimum Gasteiger partial charge on any atom is -0.366 e. The lowest BCUT2D eigenvalue weighted by Crippen LogP contribution is -2.31. The number of carbonyl (C=O) groups is 2. The lowest BCUT2D eigenvalue weighted by molar-refractivity contribution is -0.118. The lowest BCUT2D eigenvalue weighted by Gasteiger charge is -2.23. The zero-order valence-electron chi connectivity index (χ0n) is 11.7. The molecule has 3 rings (SSSR count). The van der Waals surface area contributed by atoms with Crippen LogP contribution >= 0.6 is 12.4 Å². The van der Waals surface area contributed by atoms with Crippen molar-refractivity contribution in [2.45, 2.75) is 19.3 Å². The fourth-order valence-electron chi connectivity index (χ4n) is 3.14. The fourth-order valence-corrected chi connectivity index (χ4v) is 3.14. The summed E-state index contributed by atoms with van der Waals surface area (Å²) >= 11 is 0. The van der Waals surface area contributed by atoms with E-state index >= 15 is 0 Å². The zero-order valence-corrected chi connectivity index (χ0v) is 12.5. The van der Waals surface area contributed by atoms with Crippen molar-refractivity contribution in [3.05, 3.63) is 29.8 Å². The number of anilines is 1. The minimum atomic E-state index is -0.460. The van der Waals surface area contributed by atoms with E-state index in [0.29, 0.717) is 5.56 Å². The number of hydrogen-bond donors (Lipinski definition) is 3. The van der Waals surface area contributed by atoms with Crippen LogP contribution in [-0.2, 0) is 4.79 Å². The molecule has 1 saturated heterocycles. The highest BCUT2D eigenvalue weighted by Crippen LogP contribution is 2.58. The predicted molar refractivity (Wildman–Crippen MR) is 83.5 cm³/mol. The predicted octanol–water partition coefficient (Wildman–Crippen LogP) is 1.54. The summed E-state index contributed by atoms with van der Waals surface area (Å²) in [6, 6.07) is 6.70. The molecule has 1 spiro atoms. The number of amides is 2. The summed E-state index contributed by atoms with van der Waals surface area (Å²) in [4.78, 5) is 23.2. The van der Waals surface area contributed by atoms with Gasteiger partial charge in [0.15, 0.2) is 0 Å². The highest BCUT2D eigenvalue weighted by Gasteiger charge is 2.57. The van der Waals surface area contributed by atoms with Gasteiger partial charge in [-0.2, -0.15) is 0 Å². The molecule has 1 aromatic carbocycles. The number of rotatable bonds is 3. The Hall–Kier alpha value is -1.59. The SMILES string of the molecule is Cl.NC(=O)c1ccc(NC(=O)C2CC23CCNCC3)cc1. The molecule has 5 nitrogen and oxygen atoms in total. The van der Waals surface area contributed by atoms with Crippen molar-refractivity contribution >= 4 is 29.9 Å². The smallest absolute Gasteiger partial charge is 0.248 e. The molecule has 1 atom stereocenters. The van der Waals surface area contributed by atoms with E-state index < -0.39 is 5.91 Å². The van der Waals surface area contributed by atoms with E-state index in [4.69, 9.17) is 5.73 Å². The molecule has 0 radical (unpaired) electrons. The van der Waals surface area contributed by atoms with E-state index in [-0.39, 0.29) is 29.6 Å². The topological polar surface area (TPSA) is 84.2 Å². The van der Waals surface area contributed by atoms with Crippen LogP contribution in [0.4, 0.5) is 5.69 Å². The molecule has 4 N–H and O–H groups in total. The van der Waals surface area contributed by atoms with Crippen molar-refractivity contribution in [3.63, 3.8) is 0 Å². The first kappa shape index (κ1) is 15.8. The Morgan fingerprint density at radius 3 is 2.38 bits per heavy atom. The van der Waals surface area contributed by atoms with Gasteiger partial charge >= 0.3 is 0 Å². The van der Waals surface area contributed by atoms with Crippen molar-refractivity contribution in [2.75, 3.05) is 18.4 Å². The molecule has 1 aromatic rings. The highest BCUT2D eigenvalue weighted by atomic mass is 35.5. The van der Waals surface area contributed by atoms with E-state index in [9.17, 15) is 9.59 Å². The molecule has 0 aromatic heterocycles. The van der Waals surface area contributed by atoms with Gasteiger partial charge in [-0.1, -0.05) is 0 Å². The molecule has 21 heavy (non-hydrogen) atoms. The van der Waals surface area contributed by atoms with Gasteiger partial charge in [-0.15, -0.1) is 12.4 Å². The monoisotopic (exact) mass is 309 g/mol. The Morgan fingerprint density at radius 1 is 1.19 bits per heavy atom.